The number of alkyl carbamates (subject to hydrolysis) is 1. The Labute approximate surface area is 216 Å². The van der Waals surface area contributed by atoms with Gasteiger partial charge in [0, 0.05) is 11.6 Å². The van der Waals surface area contributed by atoms with Crippen LogP contribution >= 0.6 is 0 Å². The smallest absolute Gasteiger partial charge is 0.407 e. The molecule has 3 heterocycles. The van der Waals surface area contributed by atoms with E-state index in [0.29, 0.717) is 23.7 Å². The van der Waals surface area contributed by atoms with Crippen LogP contribution in [0.3, 0.4) is 0 Å². The molecule has 0 atom stereocenters. The summed E-state index contributed by atoms with van der Waals surface area (Å²) in [5.74, 6) is 1.07. The predicted octanol–water partition coefficient (Wildman–Crippen LogP) is 4.83. The van der Waals surface area contributed by atoms with Gasteiger partial charge in [0.15, 0.2) is 11.6 Å². The third-order valence-corrected chi connectivity index (χ3v) is 7.85. The molecule has 2 aliphatic carbocycles. The topological polar surface area (TPSA) is 89.5 Å². The zero-order valence-electron chi connectivity index (χ0n) is 21.0. The number of nitrogens with one attached hydrogen (secondary N) is 1. The minimum absolute atomic E-state index is 0.216. The van der Waals surface area contributed by atoms with Gasteiger partial charge in [0.25, 0.3) is 0 Å². The second kappa shape index (κ2) is 9.60. The van der Waals surface area contributed by atoms with Crippen molar-refractivity contribution in [3.8, 4) is 0 Å². The number of rotatable bonds is 6. The second-order valence-corrected chi connectivity index (χ2v) is 10.3. The molecule has 0 bridgehead atoms. The Balaban J connectivity index is 1.21. The van der Waals surface area contributed by atoms with Crippen LogP contribution in [-0.4, -0.2) is 49.1 Å². The highest BCUT2D eigenvalue weighted by Gasteiger charge is 2.49. The Kier molecular flexibility index (Phi) is 6.13. The van der Waals surface area contributed by atoms with Crippen LogP contribution in [0.25, 0.3) is 5.70 Å². The van der Waals surface area contributed by atoms with Crippen LogP contribution in [0, 0.1) is 5.41 Å². The normalized spacial score (nSPS) is 21.9. The molecule has 6 rings (SSSR count). The van der Waals surface area contributed by atoms with Crippen LogP contribution in [0.1, 0.15) is 66.4 Å². The molecule has 5 aliphatic rings. The first-order valence-electron chi connectivity index (χ1n) is 13.1. The Hall–Kier alpha value is -3.77. The number of carbonyl (C=O) groups excluding carboxylic acids is 2. The summed E-state index contributed by atoms with van der Waals surface area (Å²) in [6.07, 6.45) is 12.9. The standard InChI is InChI=1S/C29H31N3O5/c1-35-24-12-11-23(19-9-10-22-20(16-19)17-36-27(22)33)32-15-5-8-25(31-26(24)32)29(13-14-29)18-37-28(34)30-21-6-3-2-4-7-21/h5,9-12,16,21H,2-4,6-7,13-15,17-18H2,1H3,(H,30,34). The number of amides is 1. The van der Waals surface area contributed by atoms with Crippen LogP contribution in [-0.2, 0) is 20.8 Å². The molecule has 8 nitrogen and oxygen atoms in total. The largest absolute Gasteiger partial charge is 0.493 e. The van der Waals surface area contributed by atoms with Gasteiger partial charge in [-0.2, -0.15) is 0 Å². The number of allylic oxidation sites excluding steroid dienone is 2. The van der Waals surface area contributed by atoms with Crippen LogP contribution in [0.15, 0.2) is 58.6 Å². The van der Waals surface area contributed by atoms with Crippen molar-refractivity contribution in [2.24, 2.45) is 10.4 Å². The minimum atomic E-state index is -0.343. The first-order valence-corrected chi connectivity index (χ1v) is 13.1. The van der Waals surface area contributed by atoms with Crippen molar-refractivity contribution < 1.29 is 23.8 Å². The van der Waals surface area contributed by atoms with E-state index >= 15 is 0 Å². The summed E-state index contributed by atoms with van der Waals surface area (Å²) < 4.78 is 16.6. The van der Waals surface area contributed by atoms with Gasteiger partial charge < -0.3 is 24.4 Å². The van der Waals surface area contributed by atoms with Crippen molar-refractivity contribution in [3.05, 3.63) is 70.3 Å². The van der Waals surface area contributed by atoms with Crippen molar-refractivity contribution in [3.63, 3.8) is 0 Å². The summed E-state index contributed by atoms with van der Waals surface area (Å²) in [5, 5.41) is 3.03. The second-order valence-electron chi connectivity index (χ2n) is 10.3. The van der Waals surface area contributed by atoms with Crippen molar-refractivity contribution >= 4 is 23.6 Å². The van der Waals surface area contributed by atoms with E-state index in [2.05, 4.69) is 15.9 Å². The van der Waals surface area contributed by atoms with E-state index in [1.807, 2.05) is 36.4 Å². The van der Waals surface area contributed by atoms with Gasteiger partial charge in [-0.15, -0.1) is 0 Å². The summed E-state index contributed by atoms with van der Waals surface area (Å²) in [4.78, 5) is 31.5. The van der Waals surface area contributed by atoms with Gasteiger partial charge in [0.2, 0.25) is 0 Å². The predicted molar refractivity (Wildman–Crippen MR) is 137 cm³/mol. The van der Waals surface area contributed by atoms with Crippen LogP contribution in [0.4, 0.5) is 4.79 Å². The number of carbonyl (C=O) groups is 2. The number of nitrogens with zero attached hydrogens (tertiary/aromatic N) is 2. The number of hydrogen-bond donors (Lipinski definition) is 1. The van der Waals surface area contributed by atoms with Crippen LogP contribution < -0.4 is 5.32 Å². The fourth-order valence-corrected chi connectivity index (χ4v) is 5.47. The highest BCUT2D eigenvalue weighted by Crippen LogP contribution is 2.53. The van der Waals surface area contributed by atoms with Gasteiger partial charge in [-0.3, -0.25) is 0 Å². The summed E-state index contributed by atoms with van der Waals surface area (Å²) in [5.41, 5.74) is 7.27. The molecule has 0 aromatic heterocycles. The lowest BCUT2D eigenvalue weighted by Gasteiger charge is -2.31. The highest BCUT2D eigenvalue weighted by atomic mass is 16.6. The minimum Gasteiger partial charge on any atom is -0.493 e. The van der Waals surface area contributed by atoms with Crippen LogP contribution in [0.5, 0.6) is 0 Å². The molecule has 1 N–H and O–H groups in total. The SMILES string of the molecule is COC1=CC=C(c2ccc3c(c2)COC3=O)N2CC=C=C(C3(COC(=O)NC4CCCCC4)CC3)N=C12. The van der Waals surface area contributed by atoms with E-state index in [4.69, 9.17) is 19.2 Å². The third-order valence-electron chi connectivity index (χ3n) is 7.85. The molecule has 0 unspecified atom stereocenters. The maximum Gasteiger partial charge on any atom is 0.407 e. The Morgan fingerprint density at radius 1 is 1.24 bits per heavy atom. The van der Waals surface area contributed by atoms with Crippen molar-refractivity contribution in [2.45, 2.75) is 57.6 Å². The highest BCUT2D eigenvalue weighted by molar-refractivity contribution is 6.05. The van der Waals surface area contributed by atoms with E-state index in [-0.39, 0.29) is 36.7 Å². The van der Waals surface area contributed by atoms with Crippen molar-refractivity contribution in [1.82, 2.24) is 10.2 Å². The fraction of sp³-hybridized carbons (Fsp3) is 0.448. The van der Waals surface area contributed by atoms with Gasteiger partial charge in [-0.25, -0.2) is 14.6 Å². The number of cyclic esters (lactones) is 1. The number of hydrogen-bond acceptors (Lipinski definition) is 7. The van der Waals surface area contributed by atoms with Gasteiger partial charge >= 0.3 is 12.1 Å². The van der Waals surface area contributed by atoms with Crippen LogP contribution in [0.2, 0.25) is 0 Å². The molecule has 1 aromatic rings. The quantitative estimate of drug-likeness (QED) is 0.444. The molecule has 2 saturated carbocycles. The van der Waals surface area contributed by atoms with E-state index in [0.717, 1.165) is 61.0 Å². The molecule has 37 heavy (non-hydrogen) atoms. The molecule has 1 aromatic carbocycles. The molecule has 0 saturated heterocycles. The lowest BCUT2D eigenvalue weighted by molar-refractivity contribution is 0.0535. The summed E-state index contributed by atoms with van der Waals surface area (Å²) >= 11 is 0. The number of amidine groups is 1. The number of aliphatic imine (C=N–C) groups is 1. The maximum atomic E-state index is 12.5. The molecular formula is C29H31N3O5. The third kappa shape index (κ3) is 4.58. The lowest BCUT2D eigenvalue weighted by Crippen LogP contribution is -2.37. The van der Waals surface area contributed by atoms with Gasteiger partial charge in [0.05, 0.1) is 36.0 Å². The van der Waals surface area contributed by atoms with Gasteiger partial charge in [0.1, 0.15) is 13.2 Å². The van der Waals surface area contributed by atoms with Crippen molar-refractivity contribution in [2.75, 3.05) is 20.3 Å². The van der Waals surface area contributed by atoms with Crippen molar-refractivity contribution in [1.29, 1.82) is 0 Å². The van der Waals surface area contributed by atoms with Gasteiger partial charge in [-0.1, -0.05) is 31.1 Å². The molecular weight excluding hydrogens is 470 g/mol. The van der Waals surface area contributed by atoms with E-state index in [9.17, 15) is 9.59 Å². The Bertz CT molecular complexity index is 1290. The lowest BCUT2D eigenvalue weighted by atomic mass is 9.96. The Morgan fingerprint density at radius 3 is 2.86 bits per heavy atom. The Morgan fingerprint density at radius 2 is 2.08 bits per heavy atom. The van der Waals surface area contributed by atoms with E-state index in [1.165, 1.54) is 6.42 Å². The molecule has 8 heteroatoms. The number of esters is 1. The molecule has 192 valence electrons. The van der Waals surface area contributed by atoms with Gasteiger partial charge in [-0.05, 0) is 61.6 Å². The number of benzene rings is 1. The fourth-order valence-electron chi connectivity index (χ4n) is 5.47. The summed E-state index contributed by atoms with van der Waals surface area (Å²) in [6, 6.07) is 5.97. The zero-order valence-corrected chi connectivity index (χ0v) is 21.0. The molecule has 1 amide bonds. The molecule has 3 aliphatic heterocycles. The molecule has 0 radical (unpaired) electrons. The summed E-state index contributed by atoms with van der Waals surface area (Å²) in [7, 11) is 1.64. The first-order chi connectivity index (χ1) is 18.1. The average molecular weight is 502 g/mol. The number of ether oxygens (including phenoxy) is 3. The maximum absolute atomic E-state index is 12.5. The first kappa shape index (κ1) is 23.6. The van der Waals surface area contributed by atoms with E-state index < -0.39 is 0 Å². The van der Waals surface area contributed by atoms with E-state index in [1.54, 1.807) is 7.11 Å². The average Bonchev–Trinajstić information content (AvgIpc) is 3.67. The summed E-state index contributed by atoms with van der Waals surface area (Å²) in [6.45, 7) is 1.13. The number of methoxy groups -OCH3 is 1. The zero-order chi connectivity index (χ0) is 25.4. The molecule has 0 spiro atoms. The number of fused-ring (bicyclic) bond motifs is 2. The molecule has 2 fully saturated rings. The monoisotopic (exact) mass is 501 g/mol.